The van der Waals surface area contributed by atoms with Crippen LogP contribution < -0.4 is 15.8 Å². The highest BCUT2D eigenvalue weighted by Gasteiger charge is 2.29. The van der Waals surface area contributed by atoms with Gasteiger partial charge in [-0.1, -0.05) is 0 Å². The van der Waals surface area contributed by atoms with Crippen molar-refractivity contribution in [2.24, 2.45) is 13.0 Å². The average molecular weight is 334 g/mol. The molecule has 2 aromatic rings. The summed E-state index contributed by atoms with van der Waals surface area (Å²) in [5.41, 5.74) is 0.380. The van der Waals surface area contributed by atoms with Gasteiger partial charge < -0.3 is 10.2 Å². The van der Waals surface area contributed by atoms with E-state index in [0.717, 1.165) is 12.1 Å². The van der Waals surface area contributed by atoms with Crippen LogP contribution in [-0.2, 0) is 11.8 Å². The van der Waals surface area contributed by atoms with Crippen molar-refractivity contribution in [3.05, 3.63) is 52.5 Å². The predicted molar refractivity (Wildman–Crippen MR) is 84.8 cm³/mol. The largest absolute Gasteiger partial charge is 0.369 e. The molecular weight excluding hydrogens is 318 g/mol. The van der Waals surface area contributed by atoms with E-state index in [2.05, 4.69) is 10.4 Å². The summed E-state index contributed by atoms with van der Waals surface area (Å²) in [5, 5.41) is 6.44. The lowest BCUT2D eigenvalue weighted by molar-refractivity contribution is -0.119. The molecule has 1 atom stereocenters. The van der Waals surface area contributed by atoms with Crippen molar-refractivity contribution < 1.29 is 13.6 Å². The van der Waals surface area contributed by atoms with Gasteiger partial charge in [0, 0.05) is 32.3 Å². The van der Waals surface area contributed by atoms with Crippen LogP contribution in [-0.4, -0.2) is 28.8 Å². The number of nitrogens with one attached hydrogen (secondary N) is 1. The quantitative estimate of drug-likeness (QED) is 0.924. The summed E-state index contributed by atoms with van der Waals surface area (Å²) >= 11 is 0. The number of aromatic nitrogens is 2. The SMILES string of the molecule is Cn1ncc(N2CCC(C(=O)Nc3ccc(F)cc3F)C2)cc1=O. The van der Waals surface area contributed by atoms with Crippen molar-refractivity contribution >= 4 is 17.3 Å². The molecular formula is C16H16F2N4O2. The first-order chi connectivity index (χ1) is 11.4. The molecule has 1 amide bonds. The number of nitrogens with zero attached hydrogens (tertiary/aromatic N) is 3. The number of benzene rings is 1. The second-order valence-corrected chi connectivity index (χ2v) is 5.72. The third-order valence-electron chi connectivity index (χ3n) is 4.07. The van der Waals surface area contributed by atoms with Crippen LogP contribution in [0.5, 0.6) is 0 Å². The number of aryl methyl sites for hydroxylation is 1. The molecule has 0 spiro atoms. The predicted octanol–water partition coefficient (Wildman–Crippen LogP) is 1.52. The Bertz CT molecular complexity index is 837. The van der Waals surface area contributed by atoms with Crippen molar-refractivity contribution in [2.45, 2.75) is 6.42 Å². The van der Waals surface area contributed by atoms with Gasteiger partial charge in [0.15, 0.2) is 0 Å². The molecule has 0 radical (unpaired) electrons. The van der Waals surface area contributed by atoms with Gasteiger partial charge in [-0.2, -0.15) is 5.10 Å². The molecule has 6 nitrogen and oxygen atoms in total. The molecule has 126 valence electrons. The van der Waals surface area contributed by atoms with Gasteiger partial charge in [-0.05, 0) is 18.6 Å². The van der Waals surface area contributed by atoms with E-state index in [1.165, 1.54) is 16.8 Å². The summed E-state index contributed by atoms with van der Waals surface area (Å²) < 4.78 is 27.7. The van der Waals surface area contributed by atoms with Gasteiger partial charge in [0.25, 0.3) is 5.56 Å². The number of halogens is 2. The number of hydrogen-bond donors (Lipinski definition) is 1. The van der Waals surface area contributed by atoms with Crippen LogP contribution >= 0.6 is 0 Å². The Hall–Kier alpha value is -2.77. The van der Waals surface area contributed by atoms with Crippen molar-refractivity contribution in [2.75, 3.05) is 23.3 Å². The van der Waals surface area contributed by atoms with E-state index in [1.54, 1.807) is 13.2 Å². The molecule has 24 heavy (non-hydrogen) atoms. The van der Waals surface area contributed by atoms with Crippen molar-refractivity contribution in [1.82, 2.24) is 9.78 Å². The number of carbonyl (C=O) groups is 1. The maximum atomic E-state index is 13.6. The lowest BCUT2D eigenvalue weighted by Crippen LogP contribution is -2.28. The zero-order valence-corrected chi connectivity index (χ0v) is 13.0. The maximum absolute atomic E-state index is 13.6. The monoisotopic (exact) mass is 334 g/mol. The van der Waals surface area contributed by atoms with Crippen molar-refractivity contribution in [3.8, 4) is 0 Å². The molecule has 8 heteroatoms. The minimum absolute atomic E-state index is 0.0462. The van der Waals surface area contributed by atoms with E-state index < -0.39 is 11.6 Å². The van der Waals surface area contributed by atoms with Crippen LogP contribution in [0.4, 0.5) is 20.2 Å². The Morgan fingerprint density at radius 2 is 2.12 bits per heavy atom. The van der Waals surface area contributed by atoms with Crippen LogP contribution in [0.3, 0.4) is 0 Å². The molecule has 0 bridgehead atoms. The highest BCUT2D eigenvalue weighted by Crippen LogP contribution is 2.24. The lowest BCUT2D eigenvalue weighted by Gasteiger charge is -2.18. The van der Waals surface area contributed by atoms with Crippen LogP contribution in [0.1, 0.15) is 6.42 Å². The topological polar surface area (TPSA) is 67.2 Å². The van der Waals surface area contributed by atoms with Crippen LogP contribution in [0.2, 0.25) is 0 Å². The summed E-state index contributed by atoms with van der Waals surface area (Å²) in [6.07, 6.45) is 2.14. The summed E-state index contributed by atoms with van der Waals surface area (Å²) in [4.78, 5) is 25.8. The molecule has 1 aromatic carbocycles. The van der Waals surface area contributed by atoms with E-state index in [1.807, 2.05) is 4.90 Å². The Kier molecular flexibility index (Phi) is 4.28. The van der Waals surface area contributed by atoms with Gasteiger partial charge >= 0.3 is 0 Å². The van der Waals surface area contributed by atoms with Crippen LogP contribution in [0.15, 0.2) is 35.3 Å². The second-order valence-electron chi connectivity index (χ2n) is 5.72. The standard InChI is InChI=1S/C16H16F2N4O2/c1-21-15(23)7-12(8-19-21)22-5-4-10(9-22)16(24)20-14-3-2-11(17)6-13(14)18/h2-3,6-8,10H,4-5,9H2,1H3,(H,20,24). The Balaban J connectivity index is 1.67. The zero-order valence-electron chi connectivity index (χ0n) is 13.0. The Morgan fingerprint density at radius 3 is 2.83 bits per heavy atom. The van der Waals surface area contributed by atoms with E-state index in [9.17, 15) is 18.4 Å². The minimum Gasteiger partial charge on any atom is -0.369 e. The second kappa shape index (κ2) is 6.38. The smallest absolute Gasteiger partial charge is 0.268 e. The highest BCUT2D eigenvalue weighted by atomic mass is 19.1. The molecule has 1 fully saturated rings. The molecule has 1 unspecified atom stereocenters. The molecule has 1 saturated heterocycles. The molecule has 0 aliphatic carbocycles. The van der Waals surface area contributed by atoms with E-state index >= 15 is 0 Å². The van der Waals surface area contributed by atoms with Gasteiger partial charge in [-0.15, -0.1) is 0 Å². The highest BCUT2D eigenvalue weighted by molar-refractivity contribution is 5.93. The van der Waals surface area contributed by atoms with Gasteiger partial charge in [0.05, 0.1) is 23.5 Å². The number of rotatable bonds is 3. The van der Waals surface area contributed by atoms with E-state index in [4.69, 9.17) is 0 Å². The van der Waals surface area contributed by atoms with Gasteiger partial charge in [0.1, 0.15) is 11.6 Å². The normalized spacial score (nSPS) is 17.1. The fourth-order valence-electron chi connectivity index (χ4n) is 2.67. The molecule has 1 aromatic heterocycles. The lowest BCUT2D eigenvalue weighted by atomic mass is 10.1. The van der Waals surface area contributed by atoms with E-state index in [-0.39, 0.29) is 23.1 Å². The van der Waals surface area contributed by atoms with Crippen molar-refractivity contribution in [1.29, 1.82) is 0 Å². The van der Waals surface area contributed by atoms with E-state index in [0.29, 0.717) is 25.2 Å². The third-order valence-corrected chi connectivity index (χ3v) is 4.07. The summed E-state index contributed by atoms with van der Waals surface area (Å²) in [7, 11) is 1.56. The summed E-state index contributed by atoms with van der Waals surface area (Å²) in [6.45, 7) is 1.00. The minimum atomic E-state index is -0.811. The van der Waals surface area contributed by atoms with Crippen LogP contribution in [0.25, 0.3) is 0 Å². The zero-order chi connectivity index (χ0) is 17.3. The van der Waals surface area contributed by atoms with Gasteiger partial charge in [-0.25, -0.2) is 13.5 Å². The summed E-state index contributed by atoms with van der Waals surface area (Å²) in [5.74, 6) is -2.19. The molecule has 3 rings (SSSR count). The molecule has 1 aliphatic heterocycles. The Labute approximate surface area is 136 Å². The Morgan fingerprint density at radius 1 is 1.33 bits per heavy atom. The summed E-state index contributed by atoms with van der Waals surface area (Å²) in [6, 6.07) is 4.47. The molecule has 1 N–H and O–H groups in total. The molecule has 2 heterocycles. The van der Waals surface area contributed by atoms with Crippen molar-refractivity contribution in [3.63, 3.8) is 0 Å². The first-order valence-electron chi connectivity index (χ1n) is 7.48. The third kappa shape index (κ3) is 3.27. The maximum Gasteiger partial charge on any atom is 0.268 e. The molecule has 0 saturated carbocycles. The average Bonchev–Trinajstić information content (AvgIpc) is 3.03. The van der Waals surface area contributed by atoms with Crippen LogP contribution in [0, 0.1) is 17.6 Å². The fourth-order valence-corrected chi connectivity index (χ4v) is 2.67. The molecule has 1 aliphatic rings. The number of amides is 1. The first kappa shape index (κ1) is 16.1. The fraction of sp³-hybridized carbons (Fsp3) is 0.312. The van der Waals surface area contributed by atoms with Gasteiger partial charge in [-0.3, -0.25) is 9.59 Å². The number of hydrogen-bond acceptors (Lipinski definition) is 4. The number of carbonyl (C=O) groups excluding carboxylic acids is 1. The first-order valence-corrected chi connectivity index (χ1v) is 7.48. The van der Waals surface area contributed by atoms with Gasteiger partial charge in [0.2, 0.25) is 5.91 Å². The number of anilines is 2.